The lowest BCUT2D eigenvalue weighted by Crippen LogP contribution is -2.26. The van der Waals surface area contributed by atoms with E-state index < -0.39 is 0 Å². The Labute approximate surface area is 177 Å². The highest BCUT2D eigenvalue weighted by atomic mass is 16.2. The number of amides is 1. The molecule has 0 fully saturated rings. The van der Waals surface area contributed by atoms with Crippen LogP contribution in [0.2, 0.25) is 0 Å². The molecule has 2 aromatic rings. The third-order valence-corrected chi connectivity index (χ3v) is 5.05. The first kappa shape index (κ1) is 21.2. The van der Waals surface area contributed by atoms with Gasteiger partial charge < -0.3 is 21.4 Å². The summed E-state index contributed by atoms with van der Waals surface area (Å²) < 4.78 is 0. The van der Waals surface area contributed by atoms with Crippen molar-refractivity contribution in [2.75, 3.05) is 24.6 Å². The summed E-state index contributed by atoms with van der Waals surface area (Å²) in [6.07, 6.45) is 9.75. The summed E-state index contributed by atoms with van der Waals surface area (Å²) in [5.41, 5.74) is 14.2. The summed E-state index contributed by atoms with van der Waals surface area (Å²) in [5.74, 6) is 5.58. The van der Waals surface area contributed by atoms with Crippen LogP contribution in [-0.2, 0) is 6.54 Å². The van der Waals surface area contributed by atoms with E-state index in [9.17, 15) is 4.79 Å². The van der Waals surface area contributed by atoms with Gasteiger partial charge in [-0.3, -0.25) is 10.6 Å². The van der Waals surface area contributed by atoms with Gasteiger partial charge in [-0.25, -0.2) is 0 Å². The molecule has 1 aliphatic rings. The van der Waals surface area contributed by atoms with Gasteiger partial charge in [-0.05, 0) is 35.8 Å². The zero-order valence-electron chi connectivity index (χ0n) is 17.3. The second-order valence-corrected chi connectivity index (χ2v) is 7.27. The lowest BCUT2D eigenvalue weighted by Gasteiger charge is -2.18. The molecule has 0 saturated heterocycles. The van der Waals surface area contributed by atoms with Gasteiger partial charge in [-0.2, -0.15) is 0 Å². The Morgan fingerprint density at radius 2 is 1.93 bits per heavy atom. The molecule has 0 aromatic heterocycles. The van der Waals surface area contributed by atoms with Gasteiger partial charge in [0.15, 0.2) is 0 Å². The summed E-state index contributed by atoms with van der Waals surface area (Å²) in [4.78, 5) is 14.4. The van der Waals surface area contributed by atoms with Gasteiger partial charge in [0.05, 0.1) is 11.4 Å². The first-order valence-electron chi connectivity index (χ1n) is 10.0. The molecule has 0 atom stereocenters. The molecule has 1 amide bonds. The first-order valence-corrected chi connectivity index (χ1v) is 10.0. The Bertz CT molecular complexity index is 963. The van der Waals surface area contributed by atoms with E-state index in [0.29, 0.717) is 24.3 Å². The van der Waals surface area contributed by atoms with E-state index in [0.717, 1.165) is 35.4 Å². The molecule has 6 N–H and O–H groups in total. The Hall–Kier alpha value is -3.51. The molecule has 2 aromatic carbocycles. The molecule has 0 radical (unpaired) electrons. The van der Waals surface area contributed by atoms with Crippen LogP contribution in [0, 0.1) is 0 Å². The van der Waals surface area contributed by atoms with Crippen molar-refractivity contribution in [3.05, 3.63) is 95.2 Å². The van der Waals surface area contributed by atoms with Crippen LogP contribution in [-0.4, -0.2) is 24.4 Å². The van der Waals surface area contributed by atoms with Gasteiger partial charge in [-0.1, -0.05) is 54.6 Å². The maximum absolute atomic E-state index is 12.7. The van der Waals surface area contributed by atoms with E-state index in [4.69, 9.17) is 11.6 Å². The van der Waals surface area contributed by atoms with Crippen molar-refractivity contribution < 1.29 is 4.79 Å². The van der Waals surface area contributed by atoms with E-state index in [-0.39, 0.29) is 5.91 Å². The topological polar surface area (TPSA) is 96.4 Å². The normalized spacial score (nSPS) is 13.1. The number of nitrogens with two attached hydrogens (primary N) is 2. The van der Waals surface area contributed by atoms with Gasteiger partial charge in [0.2, 0.25) is 0 Å². The molecule has 6 nitrogen and oxygen atoms in total. The molecule has 0 heterocycles. The Kier molecular flexibility index (Phi) is 7.29. The molecule has 6 heteroatoms. The van der Waals surface area contributed by atoms with Crippen molar-refractivity contribution in [2.24, 2.45) is 5.84 Å². The predicted octanol–water partition coefficient (Wildman–Crippen LogP) is 3.58. The second-order valence-electron chi connectivity index (χ2n) is 7.27. The third-order valence-electron chi connectivity index (χ3n) is 5.05. The van der Waals surface area contributed by atoms with Crippen molar-refractivity contribution >= 4 is 17.3 Å². The number of benzene rings is 2. The minimum atomic E-state index is -0.0583. The standard InChI is InChI=1S/C24H29N5O/c1-29(17-18-8-4-2-5-9-18)24(30)20-12-13-23(21(25)16-20)27-15-14-19-10-6-3-7-11-22(19)28-26/h2-10,12-13,16,27-28H,11,14-15,17,25-26H2,1H3. The molecule has 156 valence electrons. The monoisotopic (exact) mass is 403 g/mol. The molecule has 0 aliphatic heterocycles. The Morgan fingerprint density at radius 3 is 2.67 bits per heavy atom. The van der Waals surface area contributed by atoms with Crippen LogP contribution in [0.15, 0.2) is 84.1 Å². The molecule has 1 aliphatic carbocycles. The van der Waals surface area contributed by atoms with Crippen LogP contribution in [0.1, 0.15) is 28.8 Å². The molecule has 0 bridgehead atoms. The lowest BCUT2D eigenvalue weighted by atomic mass is 10.1. The quantitative estimate of drug-likeness (QED) is 0.307. The maximum atomic E-state index is 12.7. The highest BCUT2D eigenvalue weighted by Crippen LogP contribution is 2.22. The summed E-state index contributed by atoms with van der Waals surface area (Å²) >= 11 is 0. The van der Waals surface area contributed by atoms with Gasteiger partial charge >= 0.3 is 0 Å². The van der Waals surface area contributed by atoms with Crippen molar-refractivity contribution in [3.63, 3.8) is 0 Å². The number of hydrogen-bond acceptors (Lipinski definition) is 5. The minimum Gasteiger partial charge on any atom is -0.397 e. The number of nitrogens with one attached hydrogen (secondary N) is 2. The van der Waals surface area contributed by atoms with Crippen molar-refractivity contribution in [2.45, 2.75) is 19.4 Å². The zero-order valence-corrected chi connectivity index (χ0v) is 17.3. The molecule has 0 saturated carbocycles. The first-order chi connectivity index (χ1) is 14.6. The smallest absolute Gasteiger partial charge is 0.253 e. The average molecular weight is 404 g/mol. The van der Waals surface area contributed by atoms with E-state index in [1.165, 1.54) is 0 Å². The van der Waals surface area contributed by atoms with Crippen LogP contribution in [0.4, 0.5) is 11.4 Å². The predicted molar refractivity (Wildman–Crippen MR) is 123 cm³/mol. The van der Waals surface area contributed by atoms with E-state index >= 15 is 0 Å². The third kappa shape index (κ3) is 5.52. The van der Waals surface area contributed by atoms with Gasteiger partial charge in [-0.15, -0.1) is 0 Å². The van der Waals surface area contributed by atoms with Gasteiger partial charge in [0.1, 0.15) is 0 Å². The number of hydrogen-bond donors (Lipinski definition) is 4. The second kappa shape index (κ2) is 10.3. The van der Waals surface area contributed by atoms with Gasteiger partial charge in [0.25, 0.3) is 5.91 Å². The van der Waals surface area contributed by atoms with Crippen LogP contribution in [0.25, 0.3) is 0 Å². The van der Waals surface area contributed by atoms with E-state index in [1.54, 1.807) is 18.0 Å². The number of carbonyl (C=O) groups is 1. The number of hydrazine groups is 1. The fourth-order valence-corrected chi connectivity index (χ4v) is 3.39. The SMILES string of the molecule is CN(Cc1ccccc1)C(=O)c1ccc(NCCC2=C(NN)CC=CC=C2)c(N)c1. The molecule has 0 unspecified atom stereocenters. The number of carbonyl (C=O) groups excluding carboxylic acids is 1. The molecular formula is C24H29N5O. The highest BCUT2D eigenvalue weighted by Gasteiger charge is 2.14. The fourth-order valence-electron chi connectivity index (χ4n) is 3.39. The molecular weight excluding hydrogens is 374 g/mol. The summed E-state index contributed by atoms with van der Waals surface area (Å²) in [6.45, 7) is 1.25. The molecule has 3 rings (SSSR count). The number of anilines is 2. The van der Waals surface area contributed by atoms with Gasteiger partial charge in [0, 0.05) is 37.8 Å². The van der Waals surface area contributed by atoms with Crippen molar-refractivity contribution in [1.82, 2.24) is 10.3 Å². The number of allylic oxidation sites excluding steroid dienone is 4. The summed E-state index contributed by atoms with van der Waals surface area (Å²) in [5, 5.41) is 3.35. The van der Waals surface area contributed by atoms with Crippen LogP contribution in [0.3, 0.4) is 0 Å². The van der Waals surface area contributed by atoms with Crippen LogP contribution < -0.4 is 22.3 Å². The molecule has 30 heavy (non-hydrogen) atoms. The van der Waals surface area contributed by atoms with Crippen LogP contribution in [0.5, 0.6) is 0 Å². The summed E-state index contributed by atoms with van der Waals surface area (Å²) in [6, 6.07) is 15.3. The van der Waals surface area contributed by atoms with Crippen molar-refractivity contribution in [1.29, 1.82) is 0 Å². The minimum absolute atomic E-state index is 0.0583. The number of nitrogens with zero attached hydrogens (tertiary/aromatic N) is 1. The zero-order chi connectivity index (χ0) is 21.3. The summed E-state index contributed by atoms with van der Waals surface area (Å²) in [7, 11) is 1.80. The average Bonchev–Trinajstić information content (AvgIpc) is 3.00. The lowest BCUT2D eigenvalue weighted by molar-refractivity contribution is 0.0785. The number of nitrogen functional groups attached to an aromatic ring is 1. The van der Waals surface area contributed by atoms with Crippen molar-refractivity contribution in [3.8, 4) is 0 Å². The molecule has 0 spiro atoms. The highest BCUT2D eigenvalue weighted by molar-refractivity contribution is 5.96. The largest absolute Gasteiger partial charge is 0.397 e. The Morgan fingerprint density at radius 1 is 1.13 bits per heavy atom. The fraction of sp³-hybridized carbons (Fsp3) is 0.208. The van der Waals surface area contributed by atoms with E-state index in [2.05, 4.69) is 22.9 Å². The van der Waals surface area contributed by atoms with E-state index in [1.807, 2.05) is 54.6 Å². The van der Waals surface area contributed by atoms with Crippen LogP contribution >= 0.6 is 0 Å². The Balaban J connectivity index is 1.59. The number of rotatable bonds is 8. The maximum Gasteiger partial charge on any atom is 0.253 e.